The highest BCUT2D eigenvalue weighted by Gasteiger charge is 2.17. The Hall–Kier alpha value is -2.63. The summed E-state index contributed by atoms with van der Waals surface area (Å²) in [5, 5.41) is 2.23. The fraction of sp³-hybridized carbons (Fsp3) is 0.188. The van der Waals surface area contributed by atoms with Gasteiger partial charge >= 0.3 is 0 Å². The molecule has 22 heavy (non-hydrogen) atoms. The lowest BCUT2D eigenvalue weighted by Gasteiger charge is -2.10. The van der Waals surface area contributed by atoms with Crippen molar-refractivity contribution in [3.8, 4) is 11.5 Å². The first-order valence-electron chi connectivity index (χ1n) is 6.80. The van der Waals surface area contributed by atoms with Crippen LogP contribution >= 0.6 is 0 Å². The molecule has 0 fully saturated rings. The smallest absolute Gasteiger partial charge is 0.255 e. The topological polar surface area (TPSA) is 47.6 Å². The van der Waals surface area contributed by atoms with Crippen LogP contribution in [0.25, 0.3) is 0 Å². The van der Waals surface area contributed by atoms with Gasteiger partial charge in [0.05, 0.1) is 13.2 Å². The zero-order chi connectivity index (χ0) is 15.5. The summed E-state index contributed by atoms with van der Waals surface area (Å²) in [5.74, 6) is -1.30. The van der Waals surface area contributed by atoms with Gasteiger partial charge in [-0.25, -0.2) is 8.78 Å². The number of fused-ring (bicyclic) bond motifs is 1. The molecule has 0 aromatic heterocycles. The van der Waals surface area contributed by atoms with Gasteiger partial charge in [-0.2, -0.15) is 0 Å². The Labute approximate surface area is 125 Å². The lowest BCUT2D eigenvalue weighted by Crippen LogP contribution is -2.14. The van der Waals surface area contributed by atoms with Crippen molar-refractivity contribution in [3.63, 3.8) is 0 Å². The van der Waals surface area contributed by atoms with Crippen LogP contribution in [0, 0.1) is 11.6 Å². The van der Waals surface area contributed by atoms with Crippen LogP contribution in [0.5, 0.6) is 11.5 Å². The van der Waals surface area contributed by atoms with Crippen molar-refractivity contribution in [2.75, 3.05) is 18.5 Å². The number of hydrogen-bond donors (Lipinski definition) is 1. The molecule has 1 heterocycles. The maximum Gasteiger partial charge on any atom is 0.255 e. The predicted molar refractivity (Wildman–Crippen MR) is 76.4 cm³/mol. The van der Waals surface area contributed by atoms with E-state index in [1.165, 1.54) is 18.2 Å². The number of ether oxygens (including phenoxy) is 2. The summed E-state index contributed by atoms with van der Waals surface area (Å²) in [5.41, 5.74) is -0.244. The first kappa shape index (κ1) is 14.3. The van der Waals surface area contributed by atoms with Crippen LogP contribution in [0.2, 0.25) is 0 Å². The minimum absolute atomic E-state index is 0.229. The molecule has 0 spiro atoms. The second-order valence-corrected chi connectivity index (χ2v) is 4.76. The summed E-state index contributed by atoms with van der Waals surface area (Å²) >= 11 is 0. The molecule has 0 unspecified atom stereocenters. The monoisotopic (exact) mass is 305 g/mol. The molecule has 1 aliphatic rings. The molecule has 0 atom stereocenters. The first-order chi connectivity index (χ1) is 10.6. The highest BCUT2D eigenvalue weighted by molar-refractivity contribution is 6.04. The lowest BCUT2D eigenvalue weighted by atomic mass is 10.1. The summed E-state index contributed by atoms with van der Waals surface area (Å²) in [6, 6.07) is 8.00. The molecular formula is C16H13F2NO3. The maximum atomic E-state index is 13.6. The standard InChI is InChI=1S/C16H13F2NO3/c17-11-3-1-4-12(18)15(11)19-16(20)10-5-6-13-14(9-10)22-8-2-7-21-13/h1,3-6,9H,2,7-8H2,(H,19,20). The second kappa shape index (κ2) is 6.01. The highest BCUT2D eigenvalue weighted by Crippen LogP contribution is 2.30. The molecule has 4 nitrogen and oxygen atoms in total. The maximum absolute atomic E-state index is 13.6. The van der Waals surface area contributed by atoms with Crippen LogP contribution in [0.3, 0.4) is 0 Å². The Bertz CT molecular complexity index is 698. The van der Waals surface area contributed by atoms with Crippen LogP contribution in [0.1, 0.15) is 16.8 Å². The minimum Gasteiger partial charge on any atom is -0.490 e. The van der Waals surface area contributed by atoms with Gasteiger partial charge in [-0.3, -0.25) is 4.79 Å². The van der Waals surface area contributed by atoms with Crippen molar-refractivity contribution in [1.82, 2.24) is 0 Å². The Balaban J connectivity index is 1.85. The van der Waals surface area contributed by atoms with Crippen molar-refractivity contribution >= 4 is 11.6 Å². The molecular weight excluding hydrogens is 292 g/mol. The lowest BCUT2D eigenvalue weighted by molar-refractivity contribution is 0.102. The van der Waals surface area contributed by atoms with Crippen molar-refractivity contribution in [3.05, 3.63) is 53.6 Å². The third-order valence-corrected chi connectivity index (χ3v) is 3.21. The molecule has 6 heteroatoms. The summed E-state index contributed by atoms with van der Waals surface area (Å²) in [6.45, 7) is 1.03. The van der Waals surface area contributed by atoms with E-state index in [2.05, 4.69) is 5.32 Å². The third-order valence-electron chi connectivity index (χ3n) is 3.21. The Morgan fingerprint density at radius 2 is 1.68 bits per heavy atom. The van der Waals surface area contributed by atoms with E-state index in [1.54, 1.807) is 6.07 Å². The molecule has 0 bridgehead atoms. The number of para-hydroxylation sites is 1. The number of benzene rings is 2. The van der Waals surface area contributed by atoms with E-state index in [0.717, 1.165) is 18.6 Å². The van der Waals surface area contributed by atoms with Gasteiger partial charge in [-0.15, -0.1) is 0 Å². The number of hydrogen-bond acceptors (Lipinski definition) is 3. The van der Waals surface area contributed by atoms with Crippen LogP contribution in [-0.2, 0) is 0 Å². The first-order valence-corrected chi connectivity index (χ1v) is 6.80. The van der Waals surface area contributed by atoms with Gasteiger partial charge in [0, 0.05) is 12.0 Å². The van der Waals surface area contributed by atoms with Crippen molar-refractivity contribution in [2.45, 2.75) is 6.42 Å². The number of halogens is 2. The van der Waals surface area contributed by atoms with E-state index >= 15 is 0 Å². The van der Waals surface area contributed by atoms with Gasteiger partial charge in [0.15, 0.2) is 11.5 Å². The zero-order valence-electron chi connectivity index (χ0n) is 11.6. The largest absolute Gasteiger partial charge is 0.490 e. The van der Waals surface area contributed by atoms with Crippen molar-refractivity contribution in [2.24, 2.45) is 0 Å². The Kier molecular flexibility index (Phi) is 3.91. The molecule has 114 valence electrons. The molecule has 2 aromatic carbocycles. The summed E-state index contributed by atoms with van der Waals surface area (Å²) in [4.78, 5) is 12.1. The molecule has 2 aromatic rings. The average molecular weight is 305 g/mol. The van der Waals surface area contributed by atoms with E-state index in [0.29, 0.717) is 24.7 Å². The molecule has 0 saturated carbocycles. The van der Waals surface area contributed by atoms with Gasteiger partial charge in [-0.1, -0.05) is 6.07 Å². The molecule has 0 aliphatic carbocycles. The summed E-state index contributed by atoms with van der Waals surface area (Å²) < 4.78 is 38.1. The van der Waals surface area contributed by atoms with E-state index in [9.17, 15) is 13.6 Å². The molecule has 0 saturated heterocycles. The van der Waals surface area contributed by atoms with Crippen LogP contribution in [-0.4, -0.2) is 19.1 Å². The molecule has 1 aliphatic heterocycles. The predicted octanol–water partition coefficient (Wildman–Crippen LogP) is 3.38. The third kappa shape index (κ3) is 2.86. The van der Waals surface area contributed by atoms with Gasteiger partial charge < -0.3 is 14.8 Å². The Morgan fingerprint density at radius 1 is 1.00 bits per heavy atom. The van der Waals surface area contributed by atoms with Crippen LogP contribution in [0.4, 0.5) is 14.5 Å². The number of nitrogens with one attached hydrogen (secondary N) is 1. The number of anilines is 1. The second-order valence-electron chi connectivity index (χ2n) is 4.76. The summed E-state index contributed by atoms with van der Waals surface area (Å²) in [7, 11) is 0. The number of carbonyl (C=O) groups excluding carboxylic acids is 1. The van der Waals surface area contributed by atoms with E-state index in [4.69, 9.17) is 9.47 Å². The van der Waals surface area contributed by atoms with Crippen molar-refractivity contribution in [1.29, 1.82) is 0 Å². The molecule has 0 radical (unpaired) electrons. The van der Waals surface area contributed by atoms with Crippen LogP contribution < -0.4 is 14.8 Å². The van der Waals surface area contributed by atoms with Gasteiger partial charge in [0.1, 0.15) is 17.3 Å². The van der Waals surface area contributed by atoms with Crippen molar-refractivity contribution < 1.29 is 23.0 Å². The van der Waals surface area contributed by atoms with Gasteiger partial charge in [-0.05, 0) is 30.3 Å². The average Bonchev–Trinajstić information content (AvgIpc) is 2.75. The fourth-order valence-electron chi connectivity index (χ4n) is 2.11. The van der Waals surface area contributed by atoms with E-state index in [-0.39, 0.29) is 5.56 Å². The van der Waals surface area contributed by atoms with Gasteiger partial charge in [0.2, 0.25) is 0 Å². The van der Waals surface area contributed by atoms with E-state index < -0.39 is 23.2 Å². The summed E-state index contributed by atoms with van der Waals surface area (Å²) in [6.07, 6.45) is 0.747. The number of carbonyl (C=O) groups is 1. The quantitative estimate of drug-likeness (QED) is 0.925. The SMILES string of the molecule is O=C(Nc1c(F)cccc1F)c1ccc2c(c1)OCCCO2. The van der Waals surface area contributed by atoms with Crippen LogP contribution in [0.15, 0.2) is 36.4 Å². The van der Waals surface area contributed by atoms with Gasteiger partial charge in [0.25, 0.3) is 5.91 Å². The fourth-order valence-corrected chi connectivity index (χ4v) is 2.11. The molecule has 3 rings (SSSR count). The number of rotatable bonds is 2. The minimum atomic E-state index is -0.831. The normalized spacial score (nSPS) is 13.4. The zero-order valence-corrected chi connectivity index (χ0v) is 11.6. The highest BCUT2D eigenvalue weighted by atomic mass is 19.1. The van der Waals surface area contributed by atoms with E-state index in [1.807, 2.05) is 0 Å². The molecule has 1 N–H and O–H groups in total. The molecule has 1 amide bonds. The number of amides is 1. The Morgan fingerprint density at radius 3 is 2.41 bits per heavy atom.